The first kappa shape index (κ1) is 19.7. The molecule has 28 heavy (non-hydrogen) atoms. The van der Waals surface area contributed by atoms with E-state index in [-0.39, 0.29) is 11.1 Å². The van der Waals surface area contributed by atoms with Gasteiger partial charge >= 0.3 is 0 Å². The molecule has 0 heterocycles. The van der Waals surface area contributed by atoms with Crippen molar-refractivity contribution < 1.29 is 9.59 Å². The minimum absolute atomic E-state index is 0.0355. The topological polar surface area (TPSA) is 49.4 Å². The molecule has 3 rings (SSSR count). The van der Waals surface area contributed by atoms with Crippen LogP contribution in [-0.4, -0.2) is 30.1 Å². The summed E-state index contributed by atoms with van der Waals surface area (Å²) in [5, 5.41) is 2.91. The molecule has 0 aliphatic rings. The molecule has 0 saturated carbocycles. The second kappa shape index (κ2) is 9.24. The number of carbonyl (C=O) groups is 2. The highest BCUT2D eigenvalue weighted by atomic mass is 32.2. The first-order valence-corrected chi connectivity index (χ1v) is 9.77. The van der Waals surface area contributed by atoms with E-state index < -0.39 is 0 Å². The highest BCUT2D eigenvalue weighted by Crippen LogP contribution is 2.23. The van der Waals surface area contributed by atoms with Crippen molar-refractivity contribution in [1.82, 2.24) is 4.90 Å². The smallest absolute Gasteiger partial charge is 0.285 e. The van der Waals surface area contributed by atoms with Gasteiger partial charge in [0.1, 0.15) is 0 Å². The molecule has 3 aromatic rings. The first-order chi connectivity index (χ1) is 13.5. The Kier molecular flexibility index (Phi) is 6.50. The highest BCUT2D eigenvalue weighted by Gasteiger charge is 2.12. The molecule has 0 saturated heterocycles. The molecule has 0 aliphatic heterocycles. The van der Waals surface area contributed by atoms with Crippen LogP contribution in [-0.2, 0) is 6.42 Å². The molecule has 0 bridgehead atoms. The number of hydrogen-bond donors (Lipinski definition) is 1. The molecule has 0 atom stereocenters. The number of nitrogens with one attached hydrogen (secondary N) is 1. The fraction of sp³-hybridized carbons (Fsp3) is 0.130. The van der Waals surface area contributed by atoms with Gasteiger partial charge in [0.15, 0.2) is 0 Å². The molecule has 5 heteroatoms. The molecule has 0 radical (unpaired) electrons. The summed E-state index contributed by atoms with van der Waals surface area (Å²) >= 11 is 1.15. The molecule has 0 aromatic heterocycles. The average molecular weight is 391 g/mol. The van der Waals surface area contributed by atoms with Crippen LogP contribution in [0.25, 0.3) is 0 Å². The van der Waals surface area contributed by atoms with E-state index >= 15 is 0 Å². The summed E-state index contributed by atoms with van der Waals surface area (Å²) in [6, 6.07) is 25.0. The van der Waals surface area contributed by atoms with Crippen molar-refractivity contribution in [3.05, 3.63) is 95.6 Å². The molecular weight excluding hydrogens is 368 g/mol. The summed E-state index contributed by atoms with van der Waals surface area (Å²) in [6.45, 7) is 0. The van der Waals surface area contributed by atoms with E-state index in [0.717, 1.165) is 27.8 Å². The fourth-order valence-electron chi connectivity index (χ4n) is 2.71. The number of carbonyl (C=O) groups excluding carboxylic acids is 2. The van der Waals surface area contributed by atoms with Gasteiger partial charge in [-0.15, -0.1) is 0 Å². The standard InChI is InChI=1S/C23H22N2O2S/c1-25(2)23(27)28-20-14-12-19(13-15-20)24-22(26)21-11-7-6-10-18(21)16-17-8-4-3-5-9-17/h3-15H,16H2,1-2H3,(H,24,26). The van der Waals surface area contributed by atoms with Crippen molar-refractivity contribution in [2.24, 2.45) is 0 Å². The minimum atomic E-state index is -0.142. The number of rotatable bonds is 5. The van der Waals surface area contributed by atoms with Crippen LogP contribution in [0.1, 0.15) is 21.5 Å². The zero-order valence-electron chi connectivity index (χ0n) is 15.9. The normalized spacial score (nSPS) is 10.4. The van der Waals surface area contributed by atoms with Crippen molar-refractivity contribution in [3.8, 4) is 0 Å². The molecule has 4 nitrogen and oxygen atoms in total. The summed E-state index contributed by atoms with van der Waals surface area (Å²) in [6.07, 6.45) is 0.701. The zero-order valence-corrected chi connectivity index (χ0v) is 16.7. The molecular formula is C23H22N2O2S. The van der Waals surface area contributed by atoms with Gasteiger partial charge in [-0.1, -0.05) is 48.5 Å². The lowest BCUT2D eigenvalue weighted by Crippen LogP contribution is -2.16. The summed E-state index contributed by atoms with van der Waals surface area (Å²) in [5.74, 6) is -0.142. The number of nitrogens with zero attached hydrogens (tertiary/aromatic N) is 1. The Morgan fingerprint density at radius 1 is 0.857 bits per heavy atom. The van der Waals surface area contributed by atoms with Gasteiger partial charge in [0.25, 0.3) is 11.1 Å². The van der Waals surface area contributed by atoms with Crippen LogP contribution in [0, 0.1) is 0 Å². The second-order valence-electron chi connectivity index (χ2n) is 6.56. The van der Waals surface area contributed by atoms with Crippen molar-refractivity contribution in [2.45, 2.75) is 11.3 Å². The zero-order chi connectivity index (χ0) is 19.9. The van der Waals surface area contributed by atoms with E-state index in [1.165, 1.54) is 4.90 Å². The number of benzene rings is 3. The summed E-state index contributed by atoms with van der Waals surface area (Å²) in [7, 11) is 3.44. The fourth-order valence-corrected chi connectivity index (χ4v) is 3.36. The summed E-state index contributed by atoms with van der Waals surface area (Å²) in [5.41, 5.74) is 3.50. The number of amides is 2. The van der Waals surface area contributed by atoms with Crippen LogP contribution >= 0.6 is 11.8 Å². The lowest BCUT2D eigenvalue weighted by atomic mass is 9.99. The molecule has 142 valence electrons. The molecule has 0 aliphatic carbocycles. The summed E-state index contributed by atoms with van der Waals surface area (Å²) < 4.78 is 0. The molecule has 0 fully saturated rings. The first-order valence-electron chi connectivity index (χ1n) is 8.95. The lowest BCUT2D eigenvalue weighted by molar-refractivity contribution is 0.102. The molecule has 0 spiro atoms. The third kappa shape index (κ3) is 5.24. The second-order valence-corrected chi connectivity index (χ2v) is 7.59. The average Bonchev–Trinajstić information content (AvgIpc) is 2.70. The Morgan fingerprint density at radius 3 is 2.18 bits per heavy atom. The van der Waals surface area contributed by atoms with E-state index in [1.54, 1.807) is 14.1 Å². The largest absolute Gasteiger partial charge is 0.339 e. The van der Waals surface area contributed by atoms with E-state index in [4.69, 9.17) is 0 Å². The monoisotopic (exact) mass is 390 g/mol. The van der Waals surface area contributed by atoms with Crippen LogP contribution in [0.5, 0.6) is 0 Å². The van der Waals surface area contributed by atoms with Crippen LogP contribution in [0.3, 0.4) is 0 Å². The summed E-state index contributed by atoms with van der Waals surface area (Å²) in [4.78, 5) is 26.9. The SMILES string of the molecule is CN(C)C(=O)Sc1ccc(NC(=O)c2ccccc2Cc2ccccc2)cc1. The van der Waals surface area contributed by atoms with Crippen molar-refractivity contribution in [2.75, 3.05) is 19.4 Å². The number of hydrogen-bond acceptors (Lipinski definition) is 3. The van der Waals surface area contributed by atoms with Crippen molar-refractivity contribution in [3.63, 3.8) is 0 Å². The Hall–Kier alpha value is -3.05. The Morgan fingerprint density at radius 2 is 1.50 bits per heavy atom. The maximum Gasteiger partial charge on any atom is 0.285 e. The van der Waals surface area contributed by atoms with Gasteiger partial charge < -0.3 is 10.2 Å². The third-order valence-corrected chi connectivity index (χ3v) is 5.23. The molecule has 1 N–H and O–H groups in total. The Labute approximate surface area is 169 Å². The van der Waals surface area contributed by atoms with E-state index in [1.807, 2.05) is 66.7 Å². The predicted octanol–water partition coefficient (Wildman–Crippen LogP) is 5.30. The maximum atomic E-state index is 12.8. The molecule has 3 aromatic carbocycles. The predicted molar refractivity (Wildman–Crippen MR) is 115 cm³/mol. The molecule has 0 unspecified atom stereocenters. The Balaban J connectivity index is 1.70. The third-order valence-electron chi connectivity index (χ3n) is 4.18. The van der Waals surface area contributed by atoms with Crippen molar-refractivity contribution in [1.29, 1.82) is 0 Å². The van der Waals surface area contributed by atoms with E-state index in [9.17, 15) is 9.59 Å². The van der Waals surface area contributed by atoms with Crippen LogP contribution in [0.4, 0.5) is 10.5 Å². The molecule has 2 amide bonds. The Bertz CT molecular complexity index is 954. The van der Waals surface area contributed by atoms with E-state index in [0.29, 0.717) is 17.7 Å². The van der Waals surface area contributed by atoms with Crippen LogP contribution < -0.4 is 5.32 Å². The van der Waals surface area contributed by atoms with Gasteiger partial charge in [0.05, 0.1) is 0 Å². The highest BCUT2D eigenvalue weighted by molar-refractivity contribution is 8.13. The quantitative estimate of drug-likeness (QED) is 0.601. The van der Waals surface area contributed by atoms with E-state index in [2.05, 4.69) is 17.4 Å². The van der Waals surface area contributed by atoms with Gasteiger partial charge in [-0.2, -0.15) is 0 Å². The van der Waals surface area contributed by atoms with Crippen LogP contribution in [0.2, 0.25) is 0 Å². The maximum absolute atomic E-state index is 12.8. The number of thioether (sulfide) groups is 1. The van der Waals surface area contributed by atoms with Gasteiger partial charge in [-0.3, -0.25) is 9.59 Å². The van der Waals surface area contributed by atoms with Gasteiger partial charge in [-0.05, 0) is 59.6 Å². The minimum Gasteiger partial charge on any atom is -0.339 e. The van der Waals surface area contributed by atoms with Crippen molar-refractivity contribution >= 4 is 28.6 Å². The number of anilines is 1. The lowest BCUT2D eigenvalue weighted by Gasteiger charge is -2.11. The van der Waals surface area contributed by atoms with Crippen LogP contribution in [0.15, 0.2) is 83.8 Å². The van der Waals surface area contributed by atoms with Gasteiger partial charge in [0, 0.05) is 30.2 Å². The van der Waals surface area contributed by atoms with Gasteiger partial charge in [0.2, 0.25) is 0 Å². The van der Waals surface area contributed by atoms with Gasteiger partial charge in [-0.25, -0.2) is 0 Å².